The number of rotatable bonds is 3. The Bertz CT molecular complexity index is 16.1. The van der Waals surface area contributed by atoms with E-state index in [1.807, 2.05) is 0 Å². The molecular weight excluding hydrogens is 82.9 g/mol. The fraction of sp³-hybridized carbons (Fsp3) is 1.00. The van der Waals surface area contributed by atoms with E-state index in [0.717, 1.165) is 0 Å². The van der Waals surface area contributed by atoms with Gasteiger partial charge in [-0.2, -0.15) is 0 Å². The van der Waals surface area contributed by atoms with Gasteiger partial charge in [0.15, 0.2) is 0 Å². The minimum absolute atomic E-state index is 0. The molecule has 0 bridgehead atoms. The molecule has 7 heavy (non-hydrogen) atoms. The summed E-state index contributed by atoms with van der Waals surface area (Å²) in [5, 5.41) is 0. The van der Waals surface area contributed by atoms with Gasteiger partial charge in [-0.3, -0.25) is 0 Å². The SMILES string of the molecule is B.CCCCCC. The van der Waals surface area contributed by atoms with E-state index < -0.39 is 0 Å². The highest BCUT2D eigenvalue weighted by atomic mass is 13.8. The molecule has 44 valence electrons. The van der Waals surface area contributed by atoms with E-state index in [1.54, 1.807) is 0 Å². The number of hydrogen-bond donors (Lipinski definition) is 0. The Hall–Kier alpha value is 0.0649. The summed E-state index contributed by atoms with van der Waals surface area (Å²) < 4.78 is 0. The average molecular weight is 100 g/mol. The van der Waals surface area contributed by atoms with Gasteiger partial charge in [0.25, 0.3) is 0 Å². The van der Waals surface area contributed by atoms with Gasteiger partial charge in [-0.25, -0.2) is 0 Å². The third kappa shape index (κ3) is 10.7. The largest absolute Gasteiger partial charge is 0.0814 e. The molecule has 0 aliphatic heterocycles. The zero-order valence-electron chi connectivity index (χ0n) is 4.83. The maximum atomic E-state index is 2.23. The van der Waals surface area contributed by atoms with Crippen LogP contribution >= 0.6 is 0 Å². The summed E-state index contributed by atoms with van der Waals surface area (Å²) >= 11 is 0. The summed E-state index contributed by atoms with van der Waals surface area (Å²) in [5.74, 6) is 0. The molecule has 0 radical (unpaired) electrons. The zero-order valence-corrected chi connectivity index (χ0v) is 4.83. The second-order valence-corrected chi connectivity index (χ2v) is 1.71. The van der Waals surface area contributed by atoms with Crippen LogP contribution < -0.4 is 0 Å². The zero-order chi connectivity index (χ0) is 4.83. The third-order valence-corrected chi connectivity index (χ3v) is 0.957. The highest BCUT2D eigenvalue weighted by Crippen LogP contribution is 1.95. The van der Waals surface area contributed by atoms with Crippen LogP contribution in [0, 0.1) is 0 Å². The van der Waals surface area contributed by atoms with Crippen molar-refractivity contribution in [2.75, 3.05) is 0 Å². The molecule has 0 unspecified atom stereocenters. The lowest BCUT2D eigenvalue weighted by Gasteiger charge is -1.86. The fourth-order valence-corrected chi connectivity index (χ4v) is 0.500. The Morgan fingerprint density at radius 3 is 1.29 bits per heavy atom. The third-order valence-electron chi connectivity index (χ3n) is 0.957. The molecule has 0 spiro atoms. The second-order valence-electron chi connectivity index (χ2n) is 1.71. The smallest absolute Gasteiger partial charge is 0.0654 e. The molecule has 0 N–H and O–H groups in total. The normalized spacial score (nSPS) is 7.71. The Balaban J connectivity index is 0. The van der Waals surface area contributed by atoms with Crippen LogP contribution in [0.5, 0.6) is 0 Å². The van der Waals surface area contributed by atoms with Crippen molar-refractivity contribution in [3.05, 3.63) is 0 Å². The van der Waals surface area contributed by atoms with E-state index in [1.165, 1.54) is 25.7 Å². The molecule has 0 atom stereocenters. The first-order valence-corrected chi connectivity index (χ1v) is 2.91. The molecule has 0 saturated heterocycles. The first-order chi connectivity index (χ1) is 2.91. The van der Waals surface area contributed by atoms with Crippen molar-refractivity contribution in [3.63, 3.8) is 0 Å². The predicted octanol–water partition coefficient (Wildman–Crippen LogP) is 1.40. The molecule has 0 heterocycles. The number of hydrogen-bond acceptors (Lipinski definition) is 0. The maximum absolute atomic E-state index is 2.23. The molecular formula is C6H17B. The highest BCUT2D eigenvalue weighted by molar-refractivity contribution is 5.75. The minimum Gasteiger partial charge on any atom is -0.0654 e. The number of unbranched alkanes of at least 4 members (excludes halogenated alkanes) is 3. The van der Waals surface area contributed by atoms with Crippen LogP contribution in [0.2, 0.25) is 0 Å². The first-order valence-electron chi connectivity index (χ1n) is 2.91. The van der Waals surface area contributed by atoms with Crippen molar-refractivity contribution in [2.24, 2.45) is 0 Å². The average Bonchev–Trinajstić information content (AvgIpc) is 1.61. The van der Waals surface area contributed by atoms with E-state index in [-0.39, 0.29) is 8.41 Å². The summed E-state index contributed by atoms with van der Waals surface area (Å²) in [5.41, 5.74) is 0. The molecule has 0 aromatic carbocycles. The van der Waals surface area contributed by atoms with Crippen molar-refractivity contribution in [1.29, 1.82) is 0 Å². The molecule has 0 fully saturated rings. The van der Waals surface area contributed by atoms with Gasteiger partial charge >= 0.3 is 0 Å². The van der Waals surface area contributed by atoms with E-state index in [2.05, 4.69) is 13.8 Å². The van der Waals surface area contributed by atoms with Gasteiger partial charge in [0.2, 0.25) is 0 Å². The monoisotopic (exact) mass is 100 g/mol. The van der Waals surface area contributed by atoms with Gasteiger partial charge in [-0.05, 0) is 0 Å². The van der Waals surface area contributed by atoms with Crippen LogP contribution in [-0.2, 0) is 0 Å². The molecule has 0 saturated carbocycles. The summed E-state index contributed by atoms with van der Waals surface area (Å²) in [6.07, 6.45) is 5.54. The van der Waals surface area contributed by atoms with Crippen molar-refractivity contribution >= 4 is 8.41 Å². The molecule has 0 nitrogen and oxygen atoms in total. The van der Waals surface area contributed by atoms with Gasteiger partial charge in [0, 0.05) is 0 Å². The van der Waals surface area contributed by atoms with Crippen LogP contribution in [0.3, 0.4) is 0 Å². The molecule has 0 amide bonds. The highest BCUT2D eigenvalue weighted by Gasteiger charge is 1.75. The molecule has 1 heteroatoms. The lowest BCUT2D eigenvalue weighted by molar-refractivity contribution is 0.702. The van der Waals surface area contributed by atoms with E-state index >= 15 is 0 Å². The Kier molecular flexibility index (Phi) is 13.6. The van der Waals surface area contributed by atoms with Crippen molar-refractivity contribution < 1.29 is 0 Å². The quantitative estimate of drug-likeness (QED) is 0.371. The predicted molar refractivity (Wildman–Crippen MR) is 39.8 cm³/mol. The summed E-state index contributed by atoms with van der Waals surface area (Å²) in [4.78, 5) is 0. The topological polar surface area (TPSA) is 0 Å². The van der Waals surface area contributed by atoms with E-state index in [9.17, 15) is 0 Å². The Morgan fingerprint density at radius 1 is 0.857 bits per heavy atom. The van der Waals surface area contributed by atoms with Crippen molar-refractivity contribution in [1.82, 2.24) is 0 Å². The van der Waals surface area contributed by atoms with Gasteiger partial charge in [-0.15, -0.1) is 0 Å². The van der Waals surface area contributed by atoms with Crippen LogP contribution in [0.1, 0.15) is 39.5 Å². The molecule has 0 aliphatic carbocycles. The van der Waals surface area contributed by atoms with Crippen LogP contribution in [-0.4, -0.2) is 8.41 Å². The van der Waals surface area contributed by atoms with Crippen LogP contribution in [0.25, 0.3) is 0 Å². The van der Waals surface area contributed by atoms with E-state index in [0.29, 0.717) is 0 Å². The Morgan fingerprint density at radius 2 is 1.14 bits per heavy atom. The lowest BCUT2D eigenvalue weighted by Crippen LogP contribution is -1.66. The minimum atomic E-state index is 0. The second kappa shape index (κ2) is 9.42. The van der Waals surface area contributed by atoms with Crippen LogP contribution in [0.15, 0.2) is 0 Å². The summed E-state index contributed by atoms with van der Waals surface area (Å²) in [7, 11) is 0. The van der Waals surface area contributed by atoms with Gasteiger partial charge in [0.05, 0.1) is 8.41 Å². The molecule has 0 aliphatic rings. The maximum Gasteiger partial charge on any atom is 0.0814 e. The summed E-state index contributed by atoms with van der Waals surface area (Å²) in [6.45, 7) is 4.46. The van der Waals surface area contributed by atoms with Gasteiger partial charge in [-0.1, -0.05) is 39.5 Å². The standard InChI is InChI=1S/C6H14.BH3/c1-3-5-6-4-2;/h3-6H2,1-2H3;1H3. The molecule has 0 aromatic heterocycles. The molecule has 0 aromatic rings. The van der Waals surface area contributed by atoms with E-state index in [4.69, 9.17) is 0 Å². The Labute approximate surface area is 48.9 Å². The first kappa shape index (κ1) is 10.1. The molecule has 0 rings (SSSR count). The summed E-state index contributed by atoms with van der Waals surface area (Å²) in [6, 6.07) is 0. The van der Waals surface area contributed by atoms with Gasteiger partial charge < -0.3 is 0 Å². The fourth-order valence-electron chi connectivity index (χ4n) is 0.500. The van der Waals surface area contributed by atoms with Crippen LogP contribution in [0.4, 0.5) is 0 Å². The van der Waals surface area contributed by atoms with Crippen molar-refractivity contribution in [2.45, 2.75) is 39.5 Å². The lowest BCUT2D eigenvalue weighted by atomic mass is 10.2. The van der Waals surface area contributed by atoms with Crippen molar-refractivity contribution in [3.8, 4) is 0 Å². The van der Waals surface area contributed by atoms with Gasteiger partial charge in [0.1, 0.15) is 0 Å².